The maximum absolute atomic E-state index is 12.3. The zero-order chi connectivity index (χ0) is 18.7. The van der Waals surface area contributed by atoms with Gasteiger partial charge >= 0.3 is 11.7 Å². The highest BCUT2D eigenvalue weighted by Gasteiger charge is 2.37. The van der Waals surface area contributed by atoms with Gasteiger partial charge in [-0.05, 0) is 31.7 Å². The van der Waals surface area contributed by atoms with Crippen molar-refractivity contribution < 1.29 is 29.2 Å². The Balaban J connectivity index is 2.25. The van der Waals surface area contributed by atoms with E-state index in [2.05, 4.69) is 0 Å². The van der Waals surface area contributed by atoms with Crippen molar-refractivity contribution in [2.45, 2.75) is 20.0 Å². The molecular formula is C15H14N2O7S. The van der Waals surface area contributed by atoms with Crippen LogP contribution in [0.15, 0.2) is 23.1 Å². The average molecular weight is 366 g/mol. The summed E-state index contributed by atoms with van der Waals surface area (Å²) in [5.74, 6) is -2.07. The molecule has 1 heterocycles. The summed E-state index contributed by atoms with van der Waals surface area (Å²) in [6.07, 6.45) is 0.783. The molecule has 1 aromatic carbocycles. The van der Waals surface area contributed by atoms with Gasteiger partial charge in [-0.3, -0.25) is 29.4 Å². The molecule has 0 radical (unpaired) electrons. The molecule has 1 aliphatic rings. The molecule has 0 unspecified atom stereocenters. The first-order chi connectivity index (χ1) is 11.7. The number of nitro benzene ring substituents is 1. The van der Waals surface area contributed by atoms with E-state index in [1.54, 1.807) is 13.8 Å². The van der Waals surface area contributed by atoms with E-state index in [9.17, 15) is 29.6 Å². The van der Waals surface area contributed by atoms with Gasteiger partial charge in [-0.15, -0.1) is 0 Å². The summed E-state index contributed by atoms with van der Waals surface area (Å²) in [4.78, 5) is 46.5. The number of carbonyl (C=O) groups is 3. The lowest BCUT2D eigenvalue weighted by molar-refractivity contribution is -0.385. The van der Waals surface area contributed by atoms with E-state index in [0.29, 0.717) is 11.8 Å². The van der Waals surface area contributed by atoms with Crippen molar-refractivity contribution in [3.63, 3.8) is 0 Å². The van der Waals surface area contributed by atoms with Crippen LogP contribution < -0.4 is 0 Å². The van der Waals surface area contributed by atoms with Crippen molar-refractivity contribution in [1.29, 1.82) is 0 Å². The number of para-hydroxylation sites is 1. The third-order valence-corrected chi connectivity index (χ3v) is 3.96. The average Bonchev–Trinajstić information content (AvgIpc) is 2.76. The molecule has 1 aromatic rings. The number of ether oxygens (including phenoxy) is 1. The van der Waals surface area contributed by atoms with Gasteiger partial charge < -0.3 is 9.84 Å². The van der Waals surface area contributed by atoms with Gasteiger partial charge in [0.25, 0.3) is 11.1 Å². The van der Waals surface area contributed by atoms with Gasteiger partial charge in [0.05, 0.1) is 15.9 Å². The molecule has 1 fully saturated rings. The summed E-state index contributed by atoms with van der Waals surface area (Å²) in [5, 5.41) is 20.1. The smallest absolute Gasteiger partial charge is 0.326 e. The van der Waals surface area contributed by atoms with Crippen molar-refractivity contribution in [3.8, 4) is 5.75 Å². The molecule has 0 aromatic heterocycles. The number of hydrogen-bond donors (Lipinski definition) is 1. The Labute approximate surface area is 146 Å². The highest BCUT2D eigenvalue weighted by Crippen LogP contribution is 2.36. The number of benzene rings is 1. The summed E-state index contributed by atoms with van der Waals surface area (Å²) < 4.78 is 4.89. The van der Waals surface area contributed by atoms with E-state index in [0.717, 1.165) is 11.0 Å². The summed E-state index contributed by atoms with van der Waals surface area (Å²) in [5.41, 5.74) is -0.502. The Hall–Kier alpha value is -2.88. The largest absolute Gasteiger partial charge is 0.502 e. The van der Waals surface area contributed by atoms with Crippen LogP contribution in [0.1, 0.15) is 19.4 Å². The zero-order valence-corrected chi connectivity index (χ0v) is 14.1. The van der Waals surface area contributed by atoms with Crippen LogP contribution in [-0.4, -0.2) is 44.7 Å². The van der Waals surface area contributed by atoms with Gasteiger partial charge in [-0.25, -0.2) is 0 Å². The number of hydrogen-bond acceptors (Lipinski definition) is 8. The Kier molecular flexibility index (Phi) is 5.42. The van der Waals surface area contributed by atoms with Gasteiger partial charge in [-0.1, -0.05) is 12.1 Å². The fourth-order valence-corrected chi connectivity index (χ4v) is 2.85. The van der Waals surface area contributed by atoms with Crippen LogP contribution in [0.3, 0.4) is 0 Å². The fourth-order valence-electron chi connectivity index (χ4n) is 2.02. The first kappa shape index (κ1) is 18.5. The number of amides is 2. The Bertz CT molecular complexity index is 788. The van der Waals surface area contributed by atoms with Crippen LogP contribution in [0.5, 0.6) is 5.75 Å². The van der Waals surface area contributed by atoms with Gasteiger partial charge in [0.1, 0.15) is 6.54 Å². The van der Waals surface area contributed by atoms with E-state index in [1.807, 2.05) is 0 Å². The molecular weight excluding hydrogens is 352 g/mol. The van der Waals surface area contributed by atoms with Crippen molar-refractivity contribution in [2.24, 2.45) is 0 Å². The number of nitrogens with zero attached hydrogens (tertiary/aromatic N) is 2. The molecule has 2 amide bonds. The van der Waals surface area contributed by atoms with Gasteiger partial charge in [0.2, 0.25) is 5.75 Å². The summed E-state index contributed by atoms with van der Waals surface area (Å²) in [6, 6.07) is 3.82. The molecule has 0 saturated carbocycles. The number of phenols is 1. The quantitative estimate of drug-likeness (QED) is 0.364. The van der Waals surface area contributed by atoms with Gasteiger partial charge in [0, 0.05) is 11.6 Å². The van der Waals surface area contributed by atoms with Crippen molar-refractivity contribution in [3.05, 3.63) is 38.8 Å². The molecule has 25 heavy (non-hydrogen) atoms. The van der Waals surface area contributed by atoms with Crippen LogP contribution in [0.25, 0.3) is 6.08 Å². The van der Waals surface area contributed by atoms with E-state index >= 15 is 0 Å². The van der Waals surface area contributed by atoms with Gasteiger partial charge in [-0.2, -0.15) is 0 Å². The number of nitro groups is 1. The summed E-state index contributed by atoms with van der Waals surface area (Å²) >= 11 is 0.570. The molecule has 1 N–H and O–H groups in total. The molecule has 0 aliphatic carbocycles. The molecule has 1 aliphatic heterocycles. The second-order valence-corrected chi connectivity index (χ2v) is 6.27. The SMILES string of the molecule is CC(C)OC(=O)CN1C(=O)S/C(=C/c2cccc([N+](=O)[O-])c2O)C1=O. The lowest BCUT2D eigenvalue weighted by atomic mass is 10.1. The Morgan fingerprint density at radius 3 is 2.72 bits per heavy atom. The minimum absolute atomic E-state index is 0.0180. The first-order valence-corrected chi connectivity index (χ1v) is 7.93. The number of carbonyl (C=O) groups excluding carboxylic acids is 3. The van der Waals surface area contributed by atoms with Crippen LogP contribution >= 0.6 is 11.8 Å². The summed E-state index contributed by atoms with van der Waals surface area (Å²) in [7, 11) is 0. The van der Waals surface area contributed by atoms with Crippen molar-refractivity contribution in [1.82, 2.24) is 4.90 Å². The lowest BCUT2D eigenvalue weighted by Crippen LogP contribution is -2.35. The molecule has 0 bridgehead atoms. The third kappa shape index (κ3) is 4.15. The predicted octanol–water partition coefficient (Wildman–Crippen LogP) is 2.29. The van der Waals surface area contributed by atoms with Crippen LogP contribution in [0.4, 0.5) is 10.5 Å². The maximum atomic E-state index is 12.3. The van der Waals surface area contributed by atoms with Crippen LogP contribution in [-0.2, 0) is 14.3 Å². The second-order valence-electron chi connectivity index (χ2n) is 5.28. The molecule has 132 valence electrons. The van der Waals surface area contributed by atoms with E-state index in [-0.39, 0.29) is 16.6 Å². The first-order valence-electron chi connectivity index (χ1n) is 7.12. The van der Waals surface area contributed by atoms with E-state index in [1.165, 1.54) is 18.2 Å². The summed E-state index contributed by atoms with van der Waals surface area (Å²) in [6.45, 7) is 2.74. The second kappa shape index (κ2) is 7.34. The highest BCUT2D eigenvalue weighted by molar-refractivity contribution is 8.18. The number of imide groups is 1. The van der Waals surface area contributed by atoms with Gasteiger partial charge in [0.15, 0.2) is 0 Å². The predicted molar refractivity (Wildman–Crippen MR) is 88.7 cm³/mol. The van der Waals surface area contributed by atoms with E-state index < -0.39 is 40.0 Å². The molecule has 0 atom stereocenters. The number of rotatable bonds is 5. The topological polar surface area (TPSA) is 127 Å². The molecule has 10 heteroatoms. The Morgan fingerprint density at radius 1 is 1.44 bits per heavy atom. The van der Waals surface area contributed by atoms with Crippen molar-refractivity contribution >= 4 is 40.6 Å². The Morgan fingerprint density at radius 2 is 2.12 bits per heavy atom. The zero-order valence-electron chi connectivity index (χ0n) is 13.3. The molecule has 9 nitrogen and oxygen atoms in total. The normalized spacial score (nSPS) is 16.0. The highest BCUT2D eigenvalue weighted by atomic mass is 32.2. The van der Waals surface area contributed by atoms with E-state index in [4.69, 9.17) is 4.74 Å². The minimum Gasteiger partial charge on any atom is -0.502 e. The van der Waals surface area contributed by atoms with Crippen molar-refractivity contribution in [2.75, 3.05) is 6.54 Å². The lowest BCUT2D eigenvalue weighted by Gasteiger charge is -2.13. The van der Waals surface area contributed by atoms with Crippen LogP contribution in [0, 0.1) is 10.1 Å². The third-order valence-electron chi connectivity index (χ3n) is 3.06. The van der Waals surface area contributed by atoms with Crippen LogP contribution in [0.2, 0.25) is 0 Å². The monoisotopic (exact) mass is 366 g/mol. The number of thioether (sulfide) groups is 1. The standard InChI is InChI=1S/C15H14N2O7S/c1-8(2)24-12(18)7-16-14(20)11(25-15(16)21)6-9-4-3-5-10(13(9)19)17(22)23/h3-6,8,19H,7H2,1-2H3/b11-6+. The maximum Gasteiger partial charge on any atom is 0.326 e. The number of aromatic hydroxyl groups is 1. The fraction of sp³-hybridized carbons (Fsp3) is 0.267. The minimum atomic E-state index is -0.764. The number of esters is 1. The molecule has 1 saturated heterocycles. The molecule has 0 spiro atoms. The molecule has 2 rings (SSSR count). The number of phenolic OH excluding ortho intramolecular Hbond substituents is 1.